The minimum atomic E-state index is -0.970. The number of hydrogen-bond acceptors (Lipinski definition) is 3. The zero-order valence-corrected chi connectivity index (χ0v) is 11.6. The standard InChI is InChI=1S/C15H18FNO4/c16-12-3-1-2-11(10-12)15(5-8-21-9-6-15)14(20)17-7-4-13(18)19/h1-3,10H,4-9H2,(H,17,20)(H,18,19). The van der Waals surface area contributed by atoms with Gasteiger partial charge < -0.3 is 15.2 Å². The number of halogens is 1. The van der Waals surface area contributed by atoms with E-state index in [9.17, 15) is 14.0 Å². The first-order valence-corrected chi connectivity index (χ1v) is 6.88. The molecular formula is C15H18FNO4. The van der Waals surface area contributed by atoms with Crippen LogP contribution in [0.3, 0.4) is 0 Å². The molecule has 6 heteroatoms. The molecule has 1 aromatic rings. The van der Waals surface area contributed by atoms with E-state index in [2.05, 4.69) is 5.32 Å². The molecule has 1 aromatic carbocycles. The number of carboxylic acids is 1. The molecule has 1 amide bonds. The molecule has 0 bridgehead atoms. The Morgan fingerprint density at radius 3 is 2.67 bits per heavy atom. The van der Waals surface area contributed by atoms with Crippen LogP contribution in [0.2, 0.25) is 0 Å². The molecule has 0 saturated carbocycles. The van der Waals surface area contributed by atoms with Gasteiger partial charge in [0.05, 0.1) is 11.8 Å². The van der Waals surface area contributed by atoms with E-state index in [1.165, 1.54) is 12.1 Å². The highest BCUT2D eigenvalue weighted by Crippen LogP contribution is 2.35. The van der Waals surface area contributed by atoms with Crippen molar-refractivity contribution in [2.45, 2.75) is 24.7 Å². The van der Waals surface area contributed by atoms with E-state index in [4.69, 9.17) is 9.84 Å². The molecule has 0 aliphatic carbocycles. The number of ether oxygens (including phenoxy) is 1. The van der Waals surface area contributed by atoms with E-state index in [1.807, 2.05) is 0 Å². The van der Waals surface area contributed by atoms with Crippen LogP contribution in [-0.4, -0.2) is 36.7 Å². The number of hydrogen-bond donors (Lipinski definition) is 2. The average Bonchev–Trinajstić information content (AvgIpc) is 2.47. The predicted octanol–water partition coefficient (Wildman–Crippen LogP) is 1.46. The lowest BCUT2D eigenvalue weighted by Crippen LogP contribution is -2.48. The van der Waals surface area contributed by atoms with Crippen LogP contribution in [0.1, 0.15) is 24.8 Å². The highest BCUT2D eigenvalue weighted by molar-refractivity contribution is 5.88. The fourth-order valence-corrected chi connectivity index (χ4v) is 2.60. The number of benzene rings is 1. The van der Waals surface area contributed by atoms with Crippen molar-refractivity contribution in [3.05, 3.63) is 35.6 Å². The maximum atomic E-state index is 13.5. The second-order valence-corrected chi connectivity index (χ2v) is 5.10. The van der Waals surface area contributed by atoms with E-state index >= 15 is 0 Å². The van der Waals surface area contributed by atoms with Crippen molar-refractivity contribution in [2.24, 2.45) is 0 Å². The molecule has 0 aromatic heterocycles. The Hall–Kier alpha value is -1.95. The molecule has 1 fully saturated rings. The van der Waals surface area contributed by atoms with Crippen LogP contribution < -0.4 is 5.32 Å². The summed E-state index contributed by atoms with van der Waals surface area (Å²) < 4.78 is 18.8. The van der Waals surface area contributed by atoms with Crippen LogP contribution in [0.15, 0.2) is 24.3 Å². The average molecular weight is 295 g/mol. The summed E-state index contributed by atoms with van der Waals surface area (Å²) in [5.41, 5.74) is -0.239. The fraction of sp³-hybridized carbons (Fsp3) is 0.467. The number of amides is 1. The third-order valence-electron chi connectivity index (χ3n) is 3.78. The summed E-state index contributed by atoms with van der Waals surface area (Å²) in [6.07, 6.45) is 0.770. The summed E-state index contributed by atoms with van der Waals surface area (Å²) in [6.45, 7) is 0.901. The van der Waals surface area contributed by atoms with E-state index in [0.717, 1.165) is 0 Å². The maximum absolute atomic E-state index is 13.5. The molecule has 0 atom stereocenters. The number of aliphatic carboxylic acids is 1. The van der Waals surface area contributed by atoms with E-state index < -0.39 is 17.2 Å². The first-order chi connectivity index (χ1) is 10.0. The minimum absolute atomic E-state index is 0.0616. The maximum Gasteiger partial charge on any atom is 0.305 e. The molecule has 1 aliphatic heterocycles. The summed E-state index contributed by atoms with van der Waals surface area (Å²) in [5, 5.41) is 11.3. The van der Waals surface area contributed by atoms with Gasteiger partial charge in [-0.25, -0.2) is 4.39 Å². The summed E-state index contributed by atoms with van der Waals surface area (Å²) in [7, 11) is 0. The monoisotopic (exact) mass is 295 g/mol. The van der Waals surface area contributed by atoms with Gasteiger partial charge in [0.15, 0.2) is 0 Å². The van der Waals surface area contributed by atoms with Gasteiger partial charge in [0.2, 0.25) is 5.91 Å². The molecule has 1 heterocycles. The molecule has 1 aliphatic rings. The van der Waals surface area contributed by atoms with E-state index in [-0.39, 0.29) is 18.9 Å². The molecule has 0 unspecified atom stereocenters. The van der Waals surface area contributed by atoms with Crippen molar-refractivity contribution in [2.75, 3.05) is 19.8 Å². The van der Waals surface area contributed by atoms with Gasteiger partial charge in [-0.3, -0.25) is 9.59 Å². The van der Waals surface area contributed by atoms with Crippen molar-refractivity contribution in [3.63, 3.8) is 0 Å². The number of carboxylic acid groups (broad SMARTS) is 1. The summed E-state index contributed by atoms with van der Waals surface area (Å²) in [5.74, 6) is -1.63. The zero-order valence-electron chi connectivity index (χ0n) is 11.6. The van der Waals surface area contributed by atoms with Gasteiger partial charge in [0.1, 0.15) is 5.82 Å². The Labute approximate surface area is 122 Å². The highest BCUT2D eigenvalue weighted by atomic mass is 19.1. The van der Waals surface area contributed by atoms with Crippen LogP contribution in [0.4, 0.5) is 4.39 Å². The topological polar surface area (TPSA) is 75.6 Å². The minimum Gasteiger partial charge on any atom is -0.481 e. The van der Waals surface area contributed by atoms with Crippen molar-refractivity contribution >= 4 is 11.9 Å². The first-order valence-electron chi connectivity index (χ1n) is 6.88. The lowest BCUT2D eigenvalue weighted by molar-refractivity contribution is -0.137. The molecule has 5 nitrogen and oxygen atoms in total. The van der Waals surface area contributed by atoms with Crippen molar-refractivity contribution < 1.29 is 23.8 Å². The molecule has 21 heavy (non-hydrogen) atoms. The summed E-state index contributed by atoms with van der Waals surface area (Å²) >= 11 is 0. The third kappa shape index (κ3) is 3.58. The Kier molecular flexibility index (Phi) is 4.90. The van der Waals surface area contributed by atoms with Gasteiger partial charge in [0.25, 0.3) is 0 Å². The predicted molar refractivity (Wildman–Crippen MR) is 73.4 cm³/mol. The molecule has 0 radical (unpaired) electrons. The second kappa shape index (κ2) is 6.67. The van der Waals surface area contributed by atoms with Gasteiger partial charge in [-0.05, 0) is 30.5 Å². The Bertz CT molecular complexity index is 526. The first kappa shape index (κ1) is 15.4. The number of rotatable bonds is 5. The Morgan fingerprint density at radius 2 is 2.05 bits per heavy atom. The molecule has 0 spiro atoms. The Morgan fingerprint density at radius 1 is 1.33 bits per heavy atom. The number of carbonyl (C=O) groups is 2. The molecule has 114 valence electrons. The van der Waals surface area contributed by atoms with Gasteiger partial charge >= 0.3 is 5.97 Å². The normalized spacial score (nSPS) is 17.2. The molecular weight excluding hydrogens is 277 g/mol. The summed E-state index contributed by atoms with van der Waals surface area (Å²) in [4.78, 5) is 23.1. The third-order valence-corrected chi connectivity index (χ3v) is 3.78. The largest absolute Gasteiger partial charge is 0.481 e. The van der Waals surface area contributed by atoms with Crippen molar-refractivity contribution in [1.82, 2.24) is 5.32 Å². The van der Waals surface area contributed by atoms with Crippen LogP contribution in [0.25, 0.3) is 0 Å². The van der Waals surface area contributed by atoms with Crippen molar-refractivity contribution in [1.29, 1.82) is 0 Å². The van der Waals surface area contributed by atoms with E-state index in [0.29, 0.717) is 31.6 Å². The van der Waals surface area contributed by atoms with Gasteiger partial charge in [0, 0.05) is 19.8 Å². The molecule has 2 rings (SSSR count). The molecule has 2 N–H and O–H groups in total. The quantitative estimate of drug-likeness (QED) is 0.862. The Balaban J connectivity index is 2.20. The number of nitrogens with one attached hydrogen (secondary N) is 1. The zero-order chi connectivity index (χ0) is 15.3. The van der Waals surface area contributed by atoms with E-state index in [1.54, 1.807) is 12.1 Å². The van der Waals surface area contributed by atoms with Gasteiger partial charge in [-0.15, -0.1) is 0 Å². The van der Waals surface area contributed by atoms with Crippen LogP contribution in [0, 0.1) is 5.82 Å². The fourth-order valence-electron chi connectivity index (χ4n) is 2.60. The van der Waals surface area contributed by atoms with Gasteiger partial charge in [-0.1, -0.05) is 12.1 Å². The van der Waals surface area contributed by atoms with Crippen LogP contribution in [-0.2, 0) is 19.7 Å². The van der Waals surface area contributed by atoms with Gasteiger partial charge in [-0.2, -0.15) is 0 Å². The summed E-state index contributed by atoms with van der Waals surface area (Å²) in [6, 6.07) is 6.00. The lowest BCUT2D eigenvalue weighted by atomic mass is 9.73. The van der Waals surface area contributed by atoms with Crippen LogP contribution in [0.5, 0.6) is 0 Å². The second-order valence-electron chi connectivity index (χ2n) is 5.10. The lowest BCUT2D eigenvalue weighted by Gasteiger charge is -2.36. The SMILES string of the molecule is O=C(O)CCNC(=O)C1(c2cccc(F)c2)CCOCC1. The smallest absolute Gasteiger partial charge is 0.305 e. The van der Waals surface area contributed by atoms with Crippen molar-refractivity contribution in [3.8, 4) is 0 Å². The van der Waals surface area contributed by atoms with Crippen LogP contribution >= 0.6 is 0 Å². The molecule has 1 saturated heterocycles. The highest BCUT2D eigenvalue weighted by Gasteiger charge is 2.41. The number of carbonyl (C=O) groups excluding carboxylic acids is 1.